The Labute approximate surface area is 186 Å². The molecule has 0 unspecified atom stereocenters. The molecule has 1 aliphatic rings. The van der Waals surface area contributed by atoms with E-state index in [-0.39, 0.29) is 11.5 Å². The van der Waals surface area contributed by atoms with Gasteiger partial charge >= 0.3 is 0 Å². The third-order valence-electron chi connectivity index (χ3n) is 6.35. The lowest BCUT2D eigenvalue weighted by molar-refractivity contribution is -0.130. The molecule has 1 aromatic carbocycles. The number of fused-ring (bicyclic) bond motifs is 1. The normalized spacial score (nSPS) is 14.9. The highest BCUT2D eigenvalue weighted by atomic mass is 35.5. The van der Waals surface area contributed by atoms with Gasteiger partial charge in [0.15, 0.2) is 0 Å². The van der Waals surface area contributed by atoms with Crippen LogP contribution in [0, 0.1) is 12.8 Å². The van der Waals surface area contributed by atoms with Crippen LogP contribution in [0.1, 0.15) is 31.7 Å². The second kappa shape index (κ2) is 8.75. The Morgan fingerprint density at radius 3 is 2.71 bits per heavy atom. The van der Waals surface area contributed by atoms with Crippen LogP contribution >= 0.6 is 11.6 Å². The first-order valence-corrected chi connectivity index (χ1v) is 11.0. The summed E-state index contributed by atoms with van der Waals surface area (Å²) in [6.45, 7) is 6.08. The fourth-order valence-electron chi connectivity index (χ4n) is 4.28. The van der Waals surface area contributed by atoms with Crippen molar-refractivity contribution in [2.24, 2.45) is 13.0 Å². The van der Waals surface area contributed by atoms with Crippen molar-refractivity contribution >= 4 is 39.8 Å². The summed E-state index contributed by atoms with van der Waals surface area (Å²) in [6, 6.07) is 6.07. The fraction of sp³-hybridized carbons (Fsp3) is 0.435. The molecular weight excluding hydrogens is 414 g/mol. The largest absolute Gasteiger partial charge is 0.353 e. The zero-order valence-electron chi connectivity index (χ0n) is 18.2. The molecule has 4 rings (SSSR count). The second-order valence-electron chi connectivity index (χ2n) is 8.38. The molecule has 0 aliphatic carbocycles. The number of benzene rings is 1. The highest BCUT2D eigenvalue weighted by Crippen LogP contribution is 2.32. The van der Waals surface area contributed by atoms with Gasteiger partial charge in [-0.15, -0.1) is 0 Å². The molecule has 1 fully saturated rings. The first kappa shape index (κ1) is 21.4. The number of piperidine rings is 1. The summed E-state index contributed by atoms with van der Waals surface area (Å²) < 4.78 is 3.56. The lowest BCUT2D eigenvalue weighted by Gasteiger charge is -2.31. The van der Waals surface area contributed by atoms with E-state index in [4.69, 9.17) is 11.6 Å². The minimum atomic E-state index is -0.137. The third kappa shape index (κ3) is 4.46. The van der Waals surface area contributed by atoms with Crippen LogP contribution < -0.4 is 10.9 Å². The summed E-state index contributed by atoms with van der Waals surface area (Å²) >= 11 is 6.58. The molecule has 7 nitrogen and oxygen atoms in total. The standard InChI is InChI=1S/C23H28ClN5O2/c1-15-21(14-25-27(3)23(15)31)26-20-12-18-7-11-29(22(18)13-19(20)24)10-6-17-4-8-28(9-5-17)16(2)30/h7,11-14,17,26H,4-6,8-10H2,1-3H3. The molecule has 2 aromatic heterocycles. The van der Waals surface area contributed by atoms with E-state index in [1.807, 2.05) is 17.0 Å². The summed E-state index contributed by atoms with van der Waals surface area (Å²) in [5.41, 5.74) is 2.96. The zero-order chi connectivity index (χ0) is 22.1. The minimum Gasteiger partial charge on any atom is -0.353 e. The van der Waals surface area contributed by atoms with Crippen LogP contribution in [0.5, 0.6) is 0 Å². The SMILES string of the molecule is CC(=O)N1CCC(CCn2ccc3cc(Nc4cnn(C)c(=O)c4C)c(Cl)cc32)CC1. The Morgan fingerprint density at radius 2 is 2.00 bits per heavy atom. The number of amides is 1. The Bertz CT molecular complexity index is 1170. The molecule has 0 radical (unpaired) electrons. The van der Waals surface area contributed by atoms with E-state index in [1.165, 1.54) is 4.68 Å². The van der Waals surface area contributed by atoms with Crippen molar-refractivity contribution in [3.63, 3.8) is 0 Å². The van der Waals surface area contributed by atoms with E-state index in [0.29, 0.717) is 22.2 Å². The number of aryl methyl sites for hydroxylation is 2. The Kier molecular flexibility index (Phi) is 6.05. The van der Waals surface area contributed by atoms with Crippen molar-refractivity contribution in [3.8, 4) is 0 Å². The molecule has 1 aliphatic heterocycles. The quantitative estimate of drug-likeness (QED) is 0.647. The molecule has 3 aromatic rings. The summed E-state index contributed by atoms with van der Waals surface area (Å²) in [6.07, 6.45) is 6.96. The van der Waals surface area contributed by atoms with Gasteiger partial charge in [0.05, 0.1) is 22.6 Å². The number of nitrogens with one attached hydrogen (secondary N) is 1. The summed E-state index contributed by atoms with van der Waals surface area (Å²) in [5.74, 6) is 0.816. The predicted molar refractivity (Wildman–Crippen MR) is 124 cm³/mol. The van der Waals surface area contributed by atoms with Crippen LogP contribution in [0.25, 0.3) is 10.9 Å². The molecule has 3 heterocycles. The van der Waals surface area contributed by atoms with Crippen LogP contribution in [-0.4, -0.2) is 38.2 Å². The number of anilines is 2. The molecule has 31 heavy (non-hydrogen) atoms. The Hall–Kier alpha value is -2.80. The number of hydrogen-bond acceptors (Lipinski definition) is 4. The van der Waals surface area contributed by atoms with E-state index in [0.717, 1.165) is 55.5 Å². The van der Waals surface area contributed by atoms with Gasteiger partial charge in [-0.3, -0.25) is 9.59 Å². The maximum absolute atomic E-state index is 12.1. The van der Waals surface area contributed by atoms with Gasteiger partial charge in [0.1, 0.15) is 0 Å². The monoisotopic (exact) mass is 441 g/mol. The van der Waals surface area contributed by atoms with Crippen molar-refractivity contribution in [2.75, 3.05) is 18.4 Å². The lowest BCUT2D eigenvalue weighted by Crippen LogP contribution is -2.37. The number of carbonyl (C=O) groups excluding carboxylic acids is 1. The molecule has 0 atom stereocenters. The summed E-state index contributed by atoms with van der Waals surface area (Å²) in [4.78, 5) is 25.6. The molecule has 0 bridgehead atoms. The Morgan fingerprint density at radius 1 is 1.26 bits per heavy atom. The van der Waals surface area contributed by atoms with E-state index < -0.39 is 0 Å². The van der Waals surface area contributed by atoms with Crippen molar-refractivity contribution in [1.29, 1.82) is 0 Å². The number of hydrogen-bond donors (Lipinski definition) is 1. The molecule has 0 spiro atoms. The third-order valence-corrected chi connectivity index (χ3v) is 6.66. The maximum atomic E-state index is 12.1. The van der Waals surface area contributed by atoms with Crippen LogP contribution in [0.2, 0.25) is 5.02 Å². The lowest BCUT2D eigenvalue weighted by atomic mass is 9.93. The molecule has 1 N–H and O–H groups in total. The van der Waals surface area contributed by atoms with Crippen LogP contribution in [0.4, 0.5) is 11.4 Å². The van der Waals surface area contributed by atoms with Crippen molar-refractivity contribution < 1.29 is 4.79 Å². The highest BCUT2D eigenvalue weighted by molar-refractivity contribution is 6.34. The molecular formula is C23H28ClN5O2. The first-order valence-electron chi connectivity index (χ1n) is 10.7. The number of aromatic nitrogens is 3. The molecule has 164 valence electrons. The number of halogens is 1. The van der Waals surface area contributed by atoms with Gasteiger partial charge in [-0.1, -0.05) is 11.6 Å². The van der Waals surface area contributed by atoms with Gasteiger partial charge in [-0.05, 0) is 50.3 Å². The van der Waals surface area contributed by atoms with Gasteiger partial charge in [0, 0.05) is 56.3 Å². The van der Waals surface area contributed by atoms with E-state index in [9.17, 15) is 9.59 Å². The average molecular weight is 442 g/mol. The van der Waals surface area contributed by atoms with Crippen molar-refractivity contribution in [1.82, 2.24) is 19.2 Å². The average Bonchev–Trinajstić information content (AvgIpc) is 3.14. The molecule has 1 amide bonds. The van der Waals surface area contributed by atoms with Crippen LogP contribution in [0.15, 0.2) is 35.4 Å². The number of nitrogens with zero attached hydrogens (tertiary/aromatic N) is 4. The second-order valence-corrected chi connectivity index (χ2v) is 8.78. The number of likely N-dealkylation sites (tertiary alicyclic amines) is 1. The highest BCUT2D eigenvalue weighted by Gasteiger charge is 2.20. The van der Waals surface area contributed by atoms with Gasteiger partial charge < -0.3 is 14.8 Å². The first-order chi connectivity index (χ1) is 14.8. The molecule has 1 saturated heterocycles. The number of carbonyl (C=O) groups is 1. The Balaban J connectivity index is 1.47. The smallest absolute Gasteiger partial charge is 0.271 e. The topological polar surface area (TPSA) is 72.2 Å². The van der Waals surface area contributed by atoms with Crippen molar-refractivity contribution in [3.05, 3.63) is 51.5 Å². The van der Waals surface area contributed by atoms with Gasteiger partial charge in [0.25, 0.3) is 5.56 Å². The predicted octanol–water partition coefficient (Wildman–Crippen LogP) is 4.09. The van der Waals surface area contributed by atoms with Gasteiger partial charge in [0.2, 0.25) is 5.91 Å². The van der Waals surface area contributed by atoms with E-state index in [2.05, 4.69) is 27.2 Å². The molecule has 8 heteroatoms. The summed E-state index contributed by atoms with van der Waals surface area (Å²) in [7, 11) is 1.63. The van der Waals surface area contributed by atoms with Crippen molar-refractivity contribution in [2.45, 2.75) is 39.7 Å². The number of rotatable bonds is 5. The molecule has 0 saturated carbocycles. The van der Waals surface area contributed by atoms with E-state index >= 15 is 0 Å². The fourth-order valence-corrected chi connectivity index (χ4v) is 4.49. The zero-order valence-corrected chi connectivity index (χ0v) is 18.9. The minimum absolute atomic E-state index is 0.137. The maximum Gasteiger partial charge on any atom is 0.271 e. The van der Waals surface area contributed by atoms with Gasteiger partial charge in [-0.25, -0.2) is 4.68 Å². The van der Waals surface area contributed by atoms with Gasteiger partial charge in [-0.2, -0.15) is 5.10 Å². The summed E-state index contributed by atoms with van der Waals surface area (Å²) in [5, 5.41) is 9.04. The van der Waals surface area contributed by atoms with Crippen LogP contribution in [0.3, 0.4) is 0 Å². The van der Waals surface area contributed by atoms with Crippen LogP contribution in [-0.2, 0) is 18.4 Å². The van der Waals surface area contributed by atoms with E-state index in [1.54, 1.807) is 27.1 Å².